The first-order chi connectivity index (χ1) is 10.0. The zero-order valence-electron chi connectivity index (χ0n) is 14.1. The molecule has 1 aromatic rings. The first-order valence-corrected chi connectivity index (χ1v) is 8.49. The normalized spacial score (nSPS) is 23.4. The molecule has 0 amide bonds. The predicted octanol–water partition coefficient (Wildman–Crippen LogP) is 5.49. The Labute approximate surface area is 130 Å². The molecule has 2 heteroatoms. The van der Waals surface area contributed by atoms with Gasteiger partial charge in [-0.25, -0.2) is 0 Å². The van der Waals surface area contributed by atoms with Crippen molar-refractivity contribution in [2.24, 2.45) is 11.3 Å². The van der Waals surface area contributed by atoms with Crippen LogP contribution in [-0.4, -0.2) is 12.6 Å². The predicted molar refractivity (Wildman–Crippen MR) is 91.1 cm³/mol. The summed E-state index contributed by atoms with van der Waals surface area (Å²) >= 11 is 0. The summed E-state index contributed by atoms with van der Waals surface area (Å²) in [5, 5.41) is 3.72. The minimum Gasteiger partial charge on any atom is -0.492 e. The smallest absolute Gasteiger partial charge is 0.142 e. The van der Waals surface area contributed by atoms with Crippen LogP contribution in [0.15, 0.2) is 24.3 Å². The highest BCUT2D eigenvalue weighted by atomic mass is 16.5. The van der Waals surface area contributed by atoms with Crippen LogP contribution in [0, 0.1) is 11.3 Å². The fourth-order valence-electron chi connectivity index (χ4n) is 3.40. The zero-order valence-corrected chi connectivity index (χ0v) is 14.1. The van der Waals surface area contributed by atoms with E-state index in [2.05, 4.69) is 44.3 Å². The first kappa shape index (κ1) is 16.2. The maximum Gasteiger partial charge on any atom is 0.142 e. The van der Waals surface area contributed by atoms with E-state index < -0.39 is 0 Å². The van der Waals surface area contributed by atoms with Crippen LogP contribution in [0.25, 0.3) is 0 Å². The number of ether oxygens (including phenoxy) is 1. The van der Waals surface area contributed by atoms with Gasteiger partial charge < -0.3 is 10.1 Å². The third-order valence-corrected chi connectivity index (χ3v) is 4.74. The van der Waals surface area contributed by atoms with Gasteiger partial charge in [-0.05, 0) is 56.1 Å². The lowest BCUT2D eigenvalue weighted by molar-refractivity contribution is 0.214. The van der Waals surface area contributed by atoms with E-state index in [1.165, 1.54) is 32.1 Å². The molecule has 1 aliphatic rings. The number of benzene rings is 1. The van der Waals surface area contributed by atoms with Gasteiger partial charge in [0, 0.05) is 6.04 Å². The Morgan fingerprint density at radius 2 is 1.86 bits per heavy atom. The van der Waals surface area contributed by atoms with Crippen molar-refractivity contribution < 1.29 is 4.74 Å². The molecule has 0 spiro atoms. The lowest BCUT2D eigenvalue weighted by atomic mass is 9.76. The van der Waals surface area contributed by atoms with Crippen LogP contribution in [0.1, 0.15) is 59.8 Å². The molecule has 2 rings (SSSR count). The Morgan fingerprint density at radius 3 is 2.57 bits per heavy atom. The zero-order chi connectivity index (χ0) is 15.3. The van der Waals surface area contributed by atoms with Gasteiger partial charge in [0.05, 0.1) is 12.3 Å². The highest BCUT2D eigenvalue weighted by molar-refractivity contribution is 5.56. The second-order valence-corrected chi connectivity index (χ2v) is 7.34. The van der Waals surface area contributed by atoms with Crippen LogP contribution in [0.4, 0.5) is 5.69 Å². The Balaban J connectivity index is 1.98. The van der Waals surface area contributed by atoms with E-state index in [0.717, 1.165) is 24.0 Å². The third-order valence-electron chi connectivity index (χ3n) is 4.74. The van der Waals surface area contributed by atoms with E-state index in [1.807, 2.05) is 13.0 Å². The standard InChI is InChI=1S/C19H31NO/c1-5-21-18-12-7-6-11-17(18)20-16-10-8-9-15(13-14-16)19(2,3)4/h6-7,11-12,15-16,20H,5,8-10,13-14H2,1-4H3. The fourth-order valence-corrected chi connectivity index (χ4v) is 3.40. The minimum absolute atomic E-state index is 0.443. The van der Waals surface area contributed by atoms with Crippen molar-refractivity contribution in [2.75, 3.05) is 11.9 Å². The third kappa shape index (κ3) is 4.66. The summed E-state index contributed by atoms with van der Waals surface area (Å²) in [7, 11) is 0. The van der Waals surface area contributed by atoms with Crippen LogP contribution in [0.2, 0.25) is 0 Å². The van der Waals surface area contributed by atoms with Gasteiger partial charge >= 0.3 is 0 Å². The van der Waals surface area contributed by atoms with Crippen molar-refractivity contribution in [3.8, 4) is 5.75 Å². The van der Waals surface area contributed by atoms with E-state index >= 15 is 0 Å². The summed E-state index contributed by atoms with van der Waals surface area (Å²) in [6.45, 7) is 9.91. The maximum absolute atomic E-state index is 5.72. The maximum atomic E-state index is 5.72. The molecular weight excluding hydrogens is 258 g/mol. The highest BCUT2D eigenvalue weighted by Crippen LogP contribution is 2.37. The SMILES string of the molecule is CCOc1ccccc1NC1CCCC(C(C)(C)C)CC1. The molecular formula is C19H31NO. The number of hydrogen-bond acceptors (Lipinski definition) is 2. The van der Waals surface area contributed by atoms with Gasteiger partial charge in [0.2, 0.25) is 0 Å². The second kappa shape index (κ2) is 7.20. The van der Waals surface area contributed by atoms with Crippen molar-refractivity contribution in [3.05, 3.63) is 24.3 Å². The van der Waals surface area contributed by atoms with Gasteiger partial charge in [0.15, 0.2) is 0 Å². The van der Waals surface area contributed by atoms with E-state index in [9.17, 15) is 0 Å². The molecule has 2 nitrogen and oxygen atoms in total. The number of para-hydroxylation sites is 2. The summed E-state index contributed by atoms with van der Waals surface area (Å²) in [4.78, 5) is 0. The molecule has 0 aromatic heterocycles. The Morgan fingerprint density at radius 1 is 1.10 bits per heavy atom. The summed E-state index contributed by atoms with van der Waals surface area (Å²) in [5.41, 5.74) is 1.59. The van der Waals surface area contributed by atoms with Crippen molar-refractivity contribution >= 4 is 5.69 Å². The summed E-state index contributed by atoms with van der Waals surface area (Å²) in [6, 6.07) is 8.90. The molecule has 118 valence electrons. The van der Waals surface area contributed by atoms with Gasteiger partial charge in [-0.15, -0.1) is 0 Å². The second-order valence-electron chi connectivity index (χ2n) is 7.34. The fraction of sp³-hybridized carbons (Fsp3) is 0.684. The molecule has 0 saturated heterocycles. The lowest BCUT2D eigenvalue weighted by Crippen LogP contribution is -2.21. The molecule has 21 heavy (non-hydrogen) atoms. The summed E-state index contributed by atoms with van der Waals surface area (Å²) < 4.78 is 5.72. The van der Waals surface area contributed by atoms with Crippen molar-refractivity contribution in [1.29, 1.82) is 0 Å². The highest BCUT2D eigenvalue weighted by Gasteiger charge is 2.27. The van der Waals surface area contributed by atoms with Gasteiger partial charge in [0.1, 0.15) is 5.75 Å². The average Bonchev–Trinajstić information content (AvgIpc) is 2.66. The van der Waals surface area contributed by atoms with E-state index in [-0.39, 0.29) is 0 Å². The Hall–Kier alpha value is -1.18. The number of anilines is 1. The van der Waals surface area contributed by atoms with Crippen LogP contribution in [-0.2, 0) is 0 Å². The molecule has 1 N–H and O–H groups in total. The average molecular weight is 289 g/mol. The number of rotatable bonds is 4. The molecule has 0 radical (unpaired) electrons. The van der Waals surface area contributed by atoms with Gasteiger partial charge in [-0.3, -0.25) is 0 Å². The van der Waals surface area contributed by atoms with Crippen LogP contribution in [0.3, 0.4) is 0 Å². The van der Waals surface area contributed by atoms with E-state index in [4.69, 9.17) is 4.74 Å². The topological polar surface area (TPSA) is 21.3 Å². The van der Waals surface area contributed by atoms with Crippen LogP contribution in [0.5, 0.6) is 5.75 Å². The molecule has 0 bridgehead atoms. The summed E-state index contributed by atoms with van der Waals surface area (Å²) in [6.07, 6.45) is 6.57. The largest absolute Gasteiger partial charge is 0.492 e. The molecule has 2 unspecified atom stereocenters. The molecule has 0 aliphatic heterocycles. The van der Waals surface area contributed by atoms with Crippen molar-refractivity contribution in [2.45, 2.75) is 65.8 Å². The van der Waals surface area contributed by atoms with Crippen molar-refractivity contribution in [1.82, 2.24) is 0 Å². The van der Waals surface area contributed by atoms with Crippen LogP contribution < -0.4 is 10.1 Å². The van der Waals surface area contributed by atoms with Gasteiger partial charge in [-0.2, -0.15) is 0 Å². The van der Waals surface area contributed by atoms with Gasteiger partial charge in [-0.1, -0.05) is 39.3 Å². The minimum atomic E-state index is 0.443. The molecule has 2 atom stereocenters. The molecule has 1 saturated carbocycles. The Kier molecular flexibility index (Phi) is 5.55. The monoisotopic (exact) mass is 289 g/mol. The molecule has 1 fully saturated rings. The van der Waals surface area contributed by atoms with Gasteiger partial charge in [0.25, 0.3) is 0 Å². The number of hydrogen-bond donors (Lipinski definition) is 1. The number of nitrogens with one attached hydrogen (secondary N) is 1. The van der Waals surface area contributed by atoms with E-state index in [0.29, 0.717) is 11.5 Å². The lowest BCUT2D eigenvalue weighted by Gasteiger charge is -2.29. The molecule has 1 aliphatic carbocycles. The summed E-state index contributed by atoms with van der Waals surface area (Å²) in [5.74, 6) is 1.84. The molecule has 0 heterocycles. The van der Waals surface area contributed by atoms with Crippen LogP contribution >= 0.6 is 0 Å². The Bertz CT molecular complexity index is 435. The van der Waals surface area contributed by atoms with E-state index in [1.54, 1.807) is 0 Å². The van der Waals surface area contributed by atoms with Crippen molar-refractivity contribution in [3.63, 3.8) is 0 Å². The first-order valence-electron chi connectivity index (χ1n) is 8.49. The quantitative estimate of drug-likeness (QED) is 0.740. The molecule has 1 aromatic carbocycles.